The first-order valence-corrected chi connectivity index (χ1v) is 11.7. The van der Waals surface area contributed by atoms with E-state index in [2.05, 4.69) is 14.9 Å². The highest BCUT2D eigenvalue weighted by atomic mass is 35.5. The standard InChI is InChI=1S/C21H21ClN4O5S/c1-4-20-23-19(24-31-20)10-26-16-7-13(3)18(9-17(16)30-11-21(26)27)32(28,29)25-14-6-5-12(2)15(22)8-14/h5-9,25H,4,10-11H2,1-3H3. The van der Waals surface area contributed by atoms with Crippen LogP contribution in [0, 0.1) is 13.8 Å². The largest absolute Gasteiger partial charge is 0.482 e. The lowest BCUT2D eigenvalue weighted by Crippen LogP contribution is -2.38. The molecule has 4 rings (SSSR count). The summed E-state index contributed by atoms with van der Waals surface area (Å²) in [6, 6.07) is 7.93. The molecule has 1 aromatic heterocycles. The average molecular weight is 477 g/mol. The molecule has 3 aromatic rings. The number of nitrogens with one attached hydrogen (secondary N) is 1. The van der Waals surface area contributed by atoms with E-state index in [1.54, 1.807) is 31.2 Å². The SMILES string of the molecule is CCc1nc(CN2C(=O)COc3cc(S(=O)(=O)Nc4ccc(C)c(Cl)c4)c(C)cc32)no1. The number of sulfonamides is 1. The summed E-state index contributed by atoms with van der Waals surface area (Å²) in [6.07, 6.45) is 0.583. The van der Waals surface area contributed by atoms with Crippen molar-refractivity contribution in [1.29, 1.82) is 0 Å². The highest BCUT2D eigenvalue weighted by Crippen LogP contribution is 2.37. The first kappa shape index (κ1) is 22.1. The minimum atomic E-state index is -3.93. The van der Waals surface area contributed by atoms with E-state index in [0.717, 1.165) is 5.56 Å². The Morgan fingerprint density at radius 3 is 2.66 bits per heavy atom. The van der Waals surface area contributed by atoms with Crippen molar-refractivity contribution in [3.05, 3.63) is 58.2 Å². The molecule has 2 aromatic carbocycles. The summed E-state index contributed by atoms with van der Waals surface area (Å²) in [7, 11) is -3.93. The van der Waals surface area contributed by atoms with Crippen LogP contribution in [-0.2, 0) is 27.8 Å². The molecule has 0 atom stereocenters. The van der Waals surface area contributed by atoms with Gasteiger partial charge in [0.1, 0.15) is 5.75 Å². The number of anilines is 2. The summed E-state index contributed by atoms with van der Waals surface area (Å²) in [5.41, 5.74) is 2.07. The molecule has 1 amide bonds. The molecule has 0 fully saturated rings. The number of nitrogens with zero attached hydrogens (tertiary/aromatic N) is 3. The molecule has 168 valence electrons. The Morgan fingerprint density at radius 1 is 1.19 bits per heavy atom. The van der Waals surface area contributed by atoms with E-state index in [9.17, 15) is 13.2 Å². The molecule has 1 N–H and O–H groups in total. The first-order valence-electron chi connectivity index (χ1n) is 9.86. The molecule has 11 heteroatoms. The summed E-state index contributed by atoms with van der Waals surface area (Å²) in [5.74, 6) is 0.815. The van der Waals surface area contributed by atoms with Crippen LogP contribution in [0.1, 0.15) is 29.8 Å². The maximum atomic E-state index is 13.1. The third-order valence-corrected chi connectivity index (χ3v) is 6.96. The number of hydrogen-bond acceptors (Lipinski definition) is 7. The third-order valence-electron chi connectivity index (χ3n) is 5.03. The van der Waals surface area contributed by atoms with Crippen LogP contribution in [0.3, 0.4) is 0 Å². The Hall–Kier alpha value is -3.11. The molecule has 0 unspecified atom stereocenters. The Morgan fingerprint density at radius 2 is 1.97 bits per heavy atom. The number of rotatable bonds is 6. The normalized spacial score (nSPS) is 13.6. The van der Waals surface area contributed by atoms with Crippen LogP contribution in [-0.4, -0.2) is 31.1 Å². The van der Waals surface area contributed by atoms with Crippen molar-refractivity contribution in [3.63, 3.8) is 0 Å². The quantitative estimate of drug-likeness (QED) is 0.577. The van der Waals surface area contributed by atoms with Gasteiger partial charge in [-0.2, -0.15) is 4.98 Å². The Labute approximate surface area is 190 Å². The van der Waals surface area contributed by atoms with Crippen molar-refractivity contribution in [2.75, 3.05) is 16.2 Å². The second-order valence-corrected chi connectivity index (χ2v) is 9.44. The smallest absolute Gasteiger partial charge is 0.265 e. The Balaban J connectivity index is 1.66. The number of amides is 1. The van der Waals surface area contributed by atoms with E-state index in [-0.39, 0.29) is 29.7 Å². The minimum absolute atomic E-state index is 0.0371. The summed E-state index contributed by atoms with van der Waals surface area (Å²) < 4.78 is 39.3. The van der Waals surface area contributed by atoms with E-state index in [4.69, 9.17) is 20.9 Å². The topological polar surface area (TPSA) is 115 Å². The van der Waals surface area contributed by atoms with Crippen LogP contribution in [0.25, 0.3) is 0 Å². The zero-order chi connectivity index (χ0) is 23.0. The average Bonchev–Trinajstić information content (AvgIpc) is 3.20. The molecule has 32 heavy (non-hydrogen) atoms. The van der Waals surface area contributed by atoms with Gasteiger partial charge < -0.3 is 9.26 Å². The molecule has 1 aliphatic rings. The molecule has 0 radical (unpaired) electrons. The maximum Gasteiger partial charge on any atom is 0.265 e. The van der Waals surface area contributed by atoms with Gasteiger partial charge in [0.2, 0.25) is 5.89 Å². The van der Waals surface area contributed by atoms with Gasteiger partial charge in [-0.15, -0.1) is 0 Å². The molecular weight excluding hydrogens is 456 g/mol. The van der Waals surface area contributed by atoms with Crippen molar-refractivity contribution in [2.45, 2.75) is 38.6 Å². The monoisotopic (exact) mass is 476 g/mol. The van der Waals surface area contributed by atoms with E-state index in [1.165, 1.54) is 11.0 Å². The first-order chi connectivity index (χ1) is 15.2. The zero-order valence-corrected chi connectivity index (χ0v) is 19.2. The molecular formula is C21H21ClN4O5S. The van der Waals surface area contributed by atoms with Gasteiger partial charge in [-0.3, -0.25) is 14.4 Å². The Bertz CT molecular complexity index is 1310. The molecule has 9 nitrogen and oxygen atoms in total. The number of benzene rings is 2. The van der Waals surface area contributed by atoms with Crippen molar-refractivity contribution >= 4 is 38.9 Å². The number of carbonyl (C=O) groups is 1. The minimum Gasteiger partial charge on any atom is -0.482 e. The van der Waals surface area contributed by atoms with Gasteiger partial charge in [0.05, 0.1) is 22.8 Å². The van der Waals surface area contributed by atoms with Crippen molar-refractivity contribution in [1.82, 2.24) is 10.1 Å². The van der Waals surface area contributed by atoms with Crippen molar-refractivity contribution < 1.29 is 22.5 Å². The summed E-state index contributed by atoms with van der Waals surface area (Å²) in [6.45, 7) is 5.23. The molecule has 2 heterocycles. The lowest BCUT2D eigenvalue weighted by Gasteiger charge is -2.29. The summed E-state index contributed by atoms with van der Waals surface area (Å²) in [5, 5.41) is 4.35. The van der Waals surface area contributed by atoms with E-state index >= 15 is 0 Å². The lowest BCUT2D eigenvalue weighted by atomic mass is 10.1. The van der Waals surface area contributed by atoms with Crippen molar-refractivity contribution in [3.8, 4) is 5.75 Å². The summed E-state index contributed by atoms with van der Waals surface area (Å²) >= 11 is 6.11. The van der Waals surface area contributed by atoms with Gasteiger partial charge >= 0.3 is 0 Å². The van der Waals surface area contributed by atoms with Gasteiger partial charge in [0.15, 0.2) is 12.4 Å². The summed E-state index contributed by atoms with van der Waals surface area (Å²) in [4.78, 5) is 18.2. The van der Waals surface area contributed by atoms with Crippen LogP contribution < -0.4 is 14.4 Å². The molecule has 0 aliphatic carbocycles. The van der Waals surface area contributed by atoms with Gasteiger partial charge in [0.25, 0.3) is 15.9 Å². The highest BCUT2D eigenvalue weighted by molar-refractivity contribution is 7.92. The molecule has 1 aliphatic heterocycles. The molecule has 0 saturated heterocycles. The fourth-order valence-electron chi connectivity index (χ4n) is 3.30. The lowest BCUT2D eigenvalue weighted by molar-refractivity contribution is -0.121. The number of aryl methyl sites for hydroxylation is 3. The van der Waals surface area contributed by atoms with Gasteiger partial charge in [-0.1, -0.05) is 29.7 Å². The second-order valence-electron chi connectivity index (χ2n) is 7.38. The predicted octanol–water partition coefficient (Wildman–Crippen LogP) is 3.63. The molecule has 0 saturated carbocycles. The van der Waals surface area contributed by atoms with Crippen LogP contribution >= 0.6 is 11.6 Å². The second kappa shape index (κ2) is 8.44. The number of aromatic nitrogens is 2. The fourth-order valence-corrected chi connectivity index (χ4v) is 4.77. The zero-order valence-electron chi connectivity index (χ0n) is 17.7. The van der Waals surface area contributed by atoms with Crippen LogP contribution in [0.15, 0.2) is 39.8 Å². The van der Waals surface area contributed by atoms with Crippen molar-refractivity contribution in [2.24, 2.45) is 0 Å². The molecule has 0 spiro atoms. The number of ether oxygens (including phenoxy) is 1. The number of hydrogen-bond donors (Lipinski definition) is 1. The van der Waals surface area contributed by atoms with Crippen LogP contribution in [0.4, 0.5) is 11.4 Å². The number of carbonyl (C=O) groups excluding carboxylic acids is 1. The van der Waals surface area contributed by atoms with E-state index in [0.29, 0.717) is 40.1 Å². The molecule has 0 bridgehead atoms. The maximum absolute atomic E-state index is 13.1. The third kappa shape index (κ3) is 4.28. The Kier molecular flexibility index (Phi) is 5.83. The highest BCUT2D eigenvalue weighted by Gasteiger charge is 2.30. The number of halogens is 1. The predicted molar refractivity (Wildman–Crippen MR) is 119 cm³/mol. The fraction of sp³-hybridized carbons (Fsp3) is 0.286. The number of fused-ring (bicyclic) bond motifs is 1. The van der Waals surface area contributed by atoms with Crippen LogP contribution in [0.5, 0.6) is 5.75 Å². The van der Waals surface area contributed by atoms with Gasteiger partial charge in [0, 0.05) is 17.5 Å². The van der Waals surface area contributed by atoms with Gasteiger partial charge in [-0.05, 0) is 43.2 Å². The van der Waals surface area contributed by atoms with E-state index < -0.39 is 10.0 Å². The van der Waals surface area contributed by atoms with Gasteiger partial charge in [-0.25, -0.2) is 8.42 Å². The van der Waals surface area contributed by atoms with E-state index in [1.807, 2.05) is 13.8 Å². The van der Waals surface area contributed by atoms with Crippen LogP contribution in [0.2, 0.25) is 5.02 Å².